The van der Waals surface area contributed by atoms with Crippen LogP contribution in [0.3, 0.4) is 0 Å². The zero-order valence-corrected chi connectivity index (χ0v) is 35.4. The van der Waals surface area contributed by atoms with E-state index in [1.165, 1.54) is 0 Å². The highest BCUT2D eigenvalue weighted by molar-refractivity contribution is 6.03. The number of hydrogen-bond acceptors (Lipinski definition) is 12. The molecule has 0 atom stereocenters. The smallest absolute Gasteiger partial charge is 0.339 e. The van der Waals surface area contributed by atoms with Gasteiger partial charge in [-0.25, -0.2) is 14.4 Å². The number of rotatable bonds is 28. The van der Waals surface area contributed by atoms with E-state index in [2.05, 4.69) is 20.4 Å². The lowest BCUT2D eigenvalue weighted by atomic mass is 9.96. The highest BCUT2D eigenvalue weighted by atomic mass is 16.5. The van der Waals surface area contributed by atoms with Gasteiger partial charge in [0.05, 0.1) is 50.4 Å². The lowest BCUT2D eigenvalue weighted by Crippen LogP contribution is -2.42. The fraction of sp³-hybridized carbons (Fsp3) is 0.651. The Bertz CT molecular complexity index is 1220. The third-order valence-corrected chi connectivity index (χ3v) is 7.65. The van der Waals surface area contributed by atoms with Crippen molar-refractivity contribution in [2.24, 2.45) is 0 Å². The summed E-state index contributed by atoms with van der Waals surface area (Å²) in [5.74, 6) is -6.09. The van der Waals surface area contributed by atoms with Crippen molar-refractivity contribution in [1.29, 1.82) is 0 Å². The number of aliphatic hydroxyl groups is 1. The molecule has 0 fully saturated rings. The minimum absolute atomic E-state index is 0.0664. The van der Waals surface area contributed by atoms with E-state index in [1.54, 1.807) is 30.3 Å². The molecule has 332 valence electrons. The predicted octanol–water partition coefficient (Wildman–Crippen LogP) is 8.34. The molecular formula is C43H70O15. The summed E-state index contributed by atoms with van der Waals surface area (Å²) in [6.45, 7) is 15.3. The van der Waals surface area contributed by atoms with Gasteiger partial charge in [0, 0.05) is 12.8 Å². The van der Waals surface area contributed by atoms with E-state index >= 15 is 0 Å². The Morgan fingerprint density at radius 2 is 0.845 bits per heavy atom. The van der Waals surface area contributed by atoms with Crippen molar-refractivity contribution in [3.05, 3.63) is 48.0 Å². The summed E-state index contributed by atoms with van der Waals surface area (Å²) in [4.78, 5) is 77.1. The normalized spacial score (nSPS) is 10.1. The van der Waals surface area contributed by atoms with Gasteiger partial charge in [-0.3, -0.25) is 19.2 Å². The Labute approximate surface area is 344 Å². The molecule has 1 aromatic carbocycles. The monoisotopic (exact) mass is 826 g/mol. The molecule has 0 unspecified atom stereocenters. The van der Waals surface area contributed by atoms with Gasteiger partial charge >= 0.3 is 41.8 Å². The zero-order chi connectivity index (χ0) is 44.6. The summed E-state index contributed by atoms with van der Waals surface area (Å²) in [6.07, 6.45) is 14.2. The second-order valence-corrected chi connectivity index (χ2v) is 13.2. The number of ether oxygens (including phenoxy) is 4. The third-order valence-electron chi connectivity index (χ3n) is 7.65. The zero-order valence-electron chi connectivity index (χ0n) is 35.4. The number of aliphatic carboxylic acids is 3. The van der Waals surface area contributed by atoms with Crippen LogP contribution in [0.4, 0.5) is 0 Å². The standard InChI is InChI=1S/C18H34O4.C16H22O4.C6H8O7.C3H6/c1-3-5-15-21-17(19)13-11-9-7-8-10-12-14-18(20)22-16-6-4-2;1-3-5-11-19-15(17)13-9-7-8-10-14(13)16(18)20-12-6-4-2;7-3(8)1-6(13,5(11)12)2-4(9)10;1-3-2/h3-16H2,1-2H3;7-10H,3-6,11-12H2,1-2H3;13H,1-2H2,(H,7,8)(H,9,10)(H,11,12);3H,1H2,2H3. The van der Waals surface area contributed by atoms with E-state index in [1.807, 2.05) is 20.8 Å². The van der Waals surface area contributed by atoms with E-state index in [4.69, 9.17) is 39.4 Å². The van der Waals surface area contributed by atoms with Crippen molar-refractivity contribution < 1.29 is 72.9 Å². The van der Waals surface area contributed by atoms with Crippen LogP contribution >= 0.6 is 0 Å². The number of hydrogen-bond donors (Lipinski definition) is 4. The van der Waals surface area contributed by atoms with Crippen LogP contribution in [0.2, 0.25) is 0 Å². The molecule has 0 saturated heterocycles. The number of benzene rings is 1. The van der Waals surface area contributed by atoms with E-state index in [0.29, 0.717) is 39.3 Å². The topological polar surface area (TPSA) is 237 Å². The minimum Gasteiger partial charge on any atom is -0.481 e. The molecule has 0 saturated carbocycles. The average Bonchev–Trinajstić information content (AvgIpc) is 3.16. The highest BCUT2D eigenvalue weighted by Gasteiger charge is 2.40. The Hall–Kier alpha value is -4.79. The lowest BCUT2D eigenvalue weighted by Gasteiger charge is -2.18. The van der Waals surface area contributed by atoms with Crippen LogP contribution in [0.25, 0.3) is 0 Å². The van der Waals surface area contributed by atoms with Crippen LogP contribution in [0.15, 0.2) is 36.9 Å². The van der Waals surface area contributed by atoms with Crippen molar-refractivity contribution in [2.75, 3.05) is 26.4 Å². The van der Waals surface area contributed by atoms with E-state index in [0.717, 1.165) is 89.9 Å². The average molecular weight is 827 g/mol. The quantitative estimate of drug-likeness (QED) is 0.0269. The van der Waals surface area contributed by atoms with Crippen molar-refractivity contribution in [3.63, 3.8) is 0 Å². The molecule has 0 bridgehead atoms. The first-order valence-electron chi connectivity index (χ1n) is 20.3. The molecule has 0 amide bonds. The number of carbonyl (C=O) groups is 7. The number of carboxylic acid groups (broad SMARTS) is 3. The molecule has 0 aliphatic carbocycles. The summed E-state index contributed by atoms with van der Waals surface area (Å²) in [7, 11) is 0. The molecule has 15 nitrogen and oxygen atoms in total. The lowest BCUT2D eigenvalue weighted by molar-refractivity contribution is -0.170. The van der Waals surface area contributed by atoms with E-state index in [-0.39, 0.29) is 23.1 Å². The number of esters is 4. The van der Waals surface area contributed by atoms with Crippen LogP contribution in [-0.2, 0) is 42.9 Å². The van der Waals surface area contributed by atoms with E-state index in [9.17, 15) is 33.6 Å². The van der Waals surface area contributed by atoms with Crippen molar-refractivity contribution in [2.45, 2.75) is 156 Å². The highest BCUT2D eigenvalue weighted by Crippen LogP contribution is 2.16. The maximum absolute atomic E-state index is 11.9. The summed E-state index contributed by atoms with van der Waals surface area (Å²) in [5, 5.41) is 33.8. The molecule has 0 heterocycles. The molecule has 0 aliphatic rings. The van der Waals surface area contributed by atoms with E-state index < -0.39 is 48.3 Å². The number of carbonyl (C=O) groups excluding carboxylic acids is 4. The minimum atomic E-state index is -2.74. The van der Waals surface area contributed by atoms with Crippen molar-refractivity contribution >= 4 is 41.8 Å². The Morgan fingerprint density at radius 1 is 0.552 bits per heavy atom. The Morgan fingerprint density at radius 3 is 1.12 bits per heavy atom. The molecule has 4 N–H and O–H groups in total. The maximum atomic E-state index is 11.9. The van der Waals surface area contributed by atoms with Crippen LogP contribution < -0.4 is 0 Å². The van der Waals surface area contributed by atoms with Crippen LogP contribution in [0.5, 0.6) is 0 Å². The summed E-state index contributed by atoms with van der Waals surface area (Å²) >= 11 is 0. The second kappa shape index (κ2) is 39.1. The van der Waals surface area contributed by atoms with Gasteiger partial charge in [0.1, 0.15) is 0 Å². The molecule has 0 aromatic heterocycles. The first-order valence-corrected chi connectivity index (χ1v) is 20.3. The fourth-order valence-electron chi connectivity index (χ4n) is 4.38. The van der Waals surface area contributed by atoms with Crippen LogP contribution in [-0.4, -0.2) is 94.2 Å². The first kappa shape index (κ1) is 57.5. The van der Waals surface area contributed by atoms with Gasteiger partial charge in [-0.2, -0.15) is 0 Å². The summed E-state index contributed by atoms with van der Waals surface area (Å²) in [6, 6.07) is 6.59. The van der Waals surface area contributed by atoms with Gasteiger partial charge < -0.3 is 39.4 Å². The first-order chi connectivity index (χ1) is 27.6. The molecule has 15 heteroatoms. The maximum Gasteiger partial charge on any atom is 0.339 e. The molecule has 1 rings (SSSR count). The predicted molar refractivity (Wildman–Crippen MR) is 218 cm³/mol. The molecule has 0 radical (unpaired) electrons. The molecular weight excluding hydrogens is 756 g/mol. The largest absolute Gasteiger partial charge is 0.481 e. The molecule has 0 aliphatic heterocycles. The fourth-order valence-corrected chi connectivity index (χ4v) is 4.38. The Balaban J connectivity index is -0.000000777. The summed E-state index contributed by atoms with van der Waals surface area (Å²) < 4.78 is 20.5. The van der Waals surface area contributed by atoms with Crippen LogP contribution in [0.1, 0.15) is 171 Å². The van der Waals surface area contributed by atoms with Crippen molar-refractivity contribution in [1.82, 2.24) is 0 Å². The SMILES string of the molecule is C=CC.CCCCOC(=O)CCCCCCCCC(=O)OCCCC.CCCCOC(=O)c1ccccc1C(=O)OCCCC.O=C(O)CC(O)(CC(=O)O)C(=O)O. The second-order valence-electron chi connectivity index (χ2n) is 13.2. The van der Waals surface area contributed by atoms with Crippen LogP contribution in [0, 0.1) is 0 Å². The van der Waals surface area contributed by atoms with Gasteiger partial charge in [-0.1, -0.05) is 97.3 Å². The third kappa shape index (κ3) is 34.5. The van der Waals surface area contributed by atoms with Gasteiger partial charge in [-0.15, -0.1) is 6.58 Å². The van der Waals surface area contributed by atoms with Gasteiger partial charge in [0.15, 0.2) is 5.60 Å². The van der Waals surface area contributed by atoms with Gasteiger partial charge in [0.2, 0.25) is 0 Å². The number of unbranched alkanes of at least 4 members (excludes halogenated alkanes) is 9. The number of carboxylic acids is 3. The van der Waals surface area contributed by atoms with Gasteiger partial charge in [-0.05, 0) is 57.6 Å². The molecule has 0 spiro atoms. The molecule has 1 aromatic rings. The van der Waals surface area contributed by atoms with Gasteiger partial charge in [0.25, 0.3) is 0 Å². The molecule has 58 heavy (non-hydrogen) atoms. The van der Waals surface area contributed by atoms with Crippen molar-refractivity contribution in [3.8, 4) is 0 Å². The Kier molecular flexibility index (Phi) is 38.7. The number of allylic oxidation sites excluding steroid dienone is 1. The summed E-state index contributed by atoms with van der Waals surface area (Å²) in [5.41, 5.74) is -2.20.